The van der Waals surface area contributed by atoms with Crippen molar-refractivity contribution >= 4 is 40.5 Å². The van der Waals surface area contributed by atoms with Crippen molar-refractivity contribution in [2.45, 2.75) is 91.0 Å². The molecule has 2 aliphatic heterocycles. The third-order valence-electron chi connectivity index (χ3n) is 8.92. The normalized spacial score (nSPS) is 16.4. The molecule has 3 aromatic rings. The quantitative estimate of drug-likeness (QED) is 0.181. The molecule has 0 bridgehead atoms. The molecule has 1 unspecified atom stereocenters. The molecule has 1 saturated heterocycles. The van der Waals surface area contributed by atoms with Gasteiger partial charge in [0.25, 0.3) is 0 Å². The number of nitrogens with one attached hydrogen (secondary N) is 3. The molecule has 4 heterocycles. The van der Waals surface area contributed by atoms with Crippen LogP contribution < -0.4 is 16.0 Å². The number of hydrogen-bond donors (Lipinski definition) is 3. The number of thiophene rings is 1. The zero-order chi connectivity index (χ0) is 31.8. The number of amides is 2. The number of rotatable bonds is 14. The van der Waals surface area contributed by atoms with Crippen molar-refractivity contribution in [1.29, 1.82) is 0 Å². The SMILES string of the molecule is Cc1sc2c(c1C)C(c1ccc(Cl)cc1)=NC(CC(=O)NCCCCCCCCCNC(=O)C1CCNCC1)c1nnc(C)n1-2. The Labute approximate surface area is 275 Å². The number of piperidine rings is 1. The molecule has 0 spiro atoms. The molecule has 5 rings (SSSR count). The summed E-state index contributed by atoms with van der Waals surface area (Å²) in [6.07, 6.45) is 9.82. The van der Waals surface area contributed by atoms with E-state index in [1.165, 1.54) is 23.3 Å². The summed E-state index contributed by atoms with van der Waals surface area (Å²) < 4.78 is 2.08. The van der Waals surface area contributed by atoms with Crippen LogP contribution in [0.4, 0.5) is 0 Å². The highest BCUT2D eigenvalue weighted by atomic mass is 35.5. The van der Waals surface area contributed by atoms with Crippen LogP contribution in [-0.4, -0.2) is 58.5 Å². The molecule has 45 heavy (non-hydrogen) atoms. The van der Waals surface area contributed by atoms with Crippen molar-refractivity contribution in [1.82, 2.24) is 30.7 Å². The van der Waals surface area contributed by atoms with Crippen molar-refractivity contribution in [2.75, 3.05) is 26.2 Å². The van der Waals surface area contributed by atoms with E-state index < -0.39 is 6.04 Å². The Morgan fingerprint density at radius 2 is 1.58 bits per heavy atom. The lowest BCUT2D eigenvalue weighted by Gasteiger charge is -2.21. The lowest BCUT2D eigenvalue weighted by Crippen LogP contribution is -2.38. The average molecular weight is 652 g/mol. The van der Waals surface area contributed by atoms with Gasteiger partial charge in [0.2, 0.25) is 11.8 Å². The second-order valence-corrected chi connectivity index (χ2v) is 13.9. The van der Waals surface area contributed by atoms with Crippen LogP contribution in [0.1, 0.15) is 103 Å². The van der Waals surface area contributed by atoms with E-state index in [0.29, 0.717) is 17.4 Å². The zero-order valence-electron chi connectivity index (χ0n) is 26.8. The molecule has 3 N–H and O–H groups in total. The Morgan fingerprint density at radius 3 is 2.27 bits per heavy atom. The maximum absolute atomic E-state index is 13.2. The second kappa shape index (κ2) is 16.0. The Morgan fingerprint density at radius 1 is 0.933 bits per heavy atom. The first-order chi connectivity index (χ1) is 21.8. The zero-order valence-corrected chi connectivity index (χ0v) is 28.3. The van der Waals surface area contributed by atoms with E-state index >= 15 is 0 Å². The minimum atomic E-state index is -0.458. The number of hydrogen-bond acceptors (Lipinski definition) is 7. The summed E-state index contributed by atoms with van der Waals surface area (Å²) in [5, 5.41) is 20.1. The summed E-state index contributed by atoms with van der Waals surface area (Å²) in [4.78, 5) is 31.8. The van der Waals surface area contributed by atoms with E-state index in [-0.39, 0.29) is 24.2 Å². The number of aryl methyl sites for hydroxylation is 2. The predicted octanol–water partition coefficient (Wildman–Crippen LogP) is 6.15. The molecule has 11 heteroatoms. The van der Waals surface area contributed by atoms with Crippen LogP contribution in [0.5, 0.6) is 0 Å². The third kappa shape index (κ3) is 8.40. The third-order valence-corrected chi connectivity index (χ3v) is 10.4. The Kier molecular flexibility index (Phi) is 11.8. The maximum Gasteiger partial charge on any atom is 0.223 e. The van der Waals surface area contributed by atoms with E-state index in [9.17, 15) is 9.59 Å². The monoisotopic (exact) mass is 651 g/mol. The molecule has 0 radical (unpaired) electrons. The number of nitrogens with zero attached hydrogens (tertiary/aromatic N) is 4. The van der Waals surface area contributed by atoms with Gasteiger partial charge in [-0.3, -0.25) is 19.1 Å². The predicted molar refractivity (Wildman–Crippen MR) is 182 cm³/mol. The van der Waals surface area contributed by atoms with Crippen molar-refractivity contribution in [3.8, 4) is 5.00 Å². The van der Waals surface area contributed by atoms with Gasteiger partial charge < -0.3 is 16.0 Å². The fraction of sp³-hybridized carbons (Fsp3) is 0.559. The maximum atomic E-state index is 13.2. The number of unbranched alkanes of at least 4 members (excludes halogenated alkanes) is 6. The van der Waals surface area contributed by atoms with Gasteiger partial charge in [0.1, 0.15) is 16.9 Å². The summed E-state index contributed by atoms with van der Waals surface area (Å²) in [6, 6.07) is 7.27. The molecular weight excluding hydrogens is 606 g/mol. The highest BCUT2D eigenvalue weighted by molar-refractivity contribution is 7.15. The summed E-state index contributed by atoms with van der Waals surface area (Å²) in [6.45, 7) is 9.52. The van der Waals surface area contributed by atoms with Gasteiger partial charge in [0.15, 0.2) is 5.82 Å². The fourth-order valence-electron chi connectivity index (χ4n) is 6.18. The van der Waals surface area contributed by atoms with Crippen LogP contribution in [0.2, 0.25) is 5.02 Å². The topological polar surface area (TPSA) is 113 Å². The van der Waals surface area contributed by atoms with Gasteiger partial charge in [-0.2, -0.15) is 0 Å². The van der Waals surface area contributed by atoms with Crippen molar-refractivity contribution in [2.24, 2.45) is 10.9 Å². The van der Waals surface area contributed by atoms with Gasteiger partial charge in [-0.15, -0.1) is 21.5 Å². The van der Waals surface area contributed by atoms with E-state index in [1.54, 1.807) is 11.3 Å². The molecule has 1 fully saturated rings. The van der Waals surface area contributed by atoms with Crippen LogP contribution in [0, 0.1) is 26.7 Å². The lowest BCUT2D eigenvalue weighted by molar-refractivity contribution is -0.125. The van der Waals surface area contributed by atoms with Crippen LogP contribution in [-0.2, 0) is 9.59 Å². The van der Waals surface area contributed by atoms with Gasteiger partial charge in [0, 0.05) is 40.0 Å². The highest BCUT2D eigenvalue weighted by Crippen LogP contribution is 2.39. The van der Waals surface area contributed by atoms with Crippen LogP contribution in [0.25, 0.3) is 5.00 Å². The summed E-state index contributed by atoms with van der Waals surface area (Å²) >= 11 is 7.92. The molecule has 2 amide bonds. The smallest absolute Gasteiger partial charge is 0.223 e. The average Bonchev–Trinajstić information content (AvgIpc) is 3.52. The number of halogens is 1. The van der Waals surface area contributed by atoms with Crippen molar-refractivity contribution in [3.63, 3.8) is 0 Å². The molecule has 0 aliphatic carbocycles. The first kappa shape index (κ1) is 33.3. The number of carbonyl (C=O) groups excluding carboxylic acids is 2. The molecule has 0 saturated carbocycles. The van der Waals surface area contributed by atoms with Gasteiger partial charge >= 0.3 is 0 Å². The molecule has 2 aromatic heterocycles. The van der Waals surface area contributed by atoms with Gasteiger partial charge in [-0.25, -0.2) is 0 Å². The molecule has 1 atom stereocenters. The lowest BCUT2D eigenvalue weighted by atomic mass is 9.97. The van der Waals surface area contributed by atoms with Crippen LogP contribution in [0.3, 0.4) is 0 Å². The molecule has 2 aliphatic rings. The minimum absolute atomic E-state index is 0.0314. The molecular formula is C34H46ClN7O2S. The number of aromatic nitrogens is 3. The molecule has 9 nitrogen and oxygen atoms in total. The Bertz CT molecular complexity index is 1490. The summed E-state index contributed by atoms with van der Waals surface area (Å²) in [5.74, 6) is 1.86. The van der Waals surface area contributed by atoms with Gasteiger partial charge in [0.05, 0.1) is 12.1 Å². The number of carbonyl (C=O) groups is 2. The van der Waals surface area contributed by atoms with E-state index in [1.807, 2.05) is 31.2 Å². The van der Waals surface area contributed by atoms with E-state index in [4.69, 9.17) is 16.6 Å². The van der Waals surface area contributed by atoms with Crippen molar-refractivity contribution < 1.29 is 9.59 Å². The fourth-order valence-corrected chi connectivity index (χ4v) is 7.52. The van der Waals surface area contributed by atoms with Crippen LogP contribution in [0.15, 0.2) is 29.3 Å². The van der Waals surface area contributed by atoms with E-state index in [2.05, 4.69) is 44.6 Å². The molecule has 1 aromatic carbocycles. The second-order valence-electron chi connectivity index (χ2n) is 12.2. The van der Waals surface area contributed by atoms with Gasteiger partial charge in [-0.05, 0) is 77.2 Å². The van der Waals surface area contributed by atoms with Crippen molar-refractivity contribution in [3.05, 3.63) is 62.5 Å². The Balaban J connectivity index is 1.08. The van der Waals surface area contributed by atoms with Crippen LogP contribution >= 0.6 is 22.9 Å². The highest BCUT2D eigenvalue weighted by Gasteiger charge is 2.32. The first-order valence-corrected chi connectivity index (χ1v) is 17.6. The Hall–Kier alpha value is -3.08. The largest absolute Gasteiger partial charge is 0.356 e. The summed E-state index contributed by atoms with van der Waals surface area (Å²) in [7, 11) is 0. The molecule has 242 valence electrons. The van der Waals surface area contributed by atoms with E-state index in [0.717, 1.165) is 92.2 Å². The number of benzene rings is 1. The standard InChI is InChI=1S/C34H46ClN7O2S/c1-22-23(2)45-34-30(22)31(25-11-13-27(35)14-12-25)39-28(32-41-40-24(3)42(32)34)21-29(43)37-17-9-7-5-4-6-8-10-18-38-33(44)26-15-19-36-20-16-26/h11-14,26,28,36H,4-10,15-21H2,1-3H3,(H,37,43)(H,38,44). The first-order valence-electron chi connectivity index (χ1n) is 16.4. The number of aliphatic imine (C=N–C) groups is 1. The number of fused-ring (bicyclic) bond motifs is 3. The summed E-state index contributed by atoms with van der Waals surface area (Å²) in [5.41, 5.74) is 4.06. The minimum Gasteiger partial charge on any atom is -0.356 e. The van der Waals surface area contributed by atoms with Gasteiger partial charge in [-0.1, -0.05) is 55.8 Å².